The Morgan fingerprint density at radius 2 is 1.83 bits per heavy atom. The Hall–Kier alpha value is -3.30. The van der Waals surface area contributed by atoms with Gasteiger partial charge < -0.3 is 20.3 Å². The lowest BCUT2D eigenvalue weighted by Crippen LogP contribution is -2.36. The first kappa shape index (κ1) is 20.4. The van der Waals surface area contributed by atoms with Crippen molar-refractivity contribution in [3.05, 3.63) is 65.9 Å². The molecule has 0 aliphatic carbocycles. The zero-order valence-corrected chi connectivity index (χ0v) is 16.8. The summed E-state index contributed by atoms with van der Waals surface area (Å²) in [6, 6.07) is 17.5. The number of anilines is 3. The summed E-state index contributed by atoms with van der Waals surface area (Å²) < 4.78 is 5.42. The van der Waals surface area contributed by atoms with E-state index < -0.39 is 5.91 Å². The number of hydrogen-bond donors (Lipinski definition) is 2. The standard InChI is InChI=1S/C23H26N4O2/c1-17(2)18-7-9-20(10-8-18)26-23(28)19(15-24)16-25-21-5-3-4-6-22(21)27-11-13-29-14-12-27/h3-10,16-17,25H,11-14H2,1-2H3,(H,26,28)/b19-16-. The van der Waals surface area contributed by atoms with E-state index in [1.165, 1.54) is 11.8 Å². The molecule has 1 saturated heterocycles. The summed E-state index contributed by atoms with van der Waals surface area (Å²) in [6.07, 6.45) is 1.46. The van der Waals surface area contributed by atoms with E-state index in [1.54, 1.807) is 0 Å². The van der Waals surface area contributed by atoms with Gasteiger partial charge in [0.25, 0.3) is 5.91 Å². The topological polar surface area (TPSA) is 77.4 Å². The van der Waals surface area contributed by atoms with Crippen LogP contribution >= 0.6 is 0 Å². The lowest BCUT2D eigenvalue weighted by Gasteiger charge is -2.30. The van der Waals surface area contributed by atoms with Gasteiger partial charge in [-0.15, -0.1) is 0 Å². The number of morpholine rings is 1. The van der Waals surface area contributed by atoms with Crippen LogP contribution in [0.15, 0.2) is 60.3 Å². The molecule has 0 saturated carbocycles. The lowest BCUT2D eigenvalue weighted by molar-refractivity contribution is -0.112. The molecular formula is C23H26N4O2. The highest BCUT2D eigenvalue weighted by molar-refractivity contribution is 6.06. The number of benzene rings is 2. The van der Waals surface area contributed by atoms with Crippen molar-refractivity contribution in [3.8, 4) is 6.07 Å². The van der Waals surface area contributed by atoms with Gasteiger partial charge in [-0.05, 0) is 35.7 Å². The van der Waals surface area contributed by atoms with Crippen LogP contribution in [0.5, 0.6) is 0 Å². The minimum atomic E-state index is -0.443. The van der Waals surface area contributed by atoms with Gasteiger partial charge in [0.05, 0.1) is 24.6 Å². The number of carbonyl (C=O) groups is 1. The number of amides is 1. The second-order valence-corrected chi connectivity index (χ2v) is 7.16. The Kier molecular flexibility index (Phi) is 6.88. The summed E-state index contributed by atoms with van der Waals surface area (Å²) in [4.78, 5) is 14.7. The molecule has 0 spiro atoms. The van der Waals surface area contributed by atoms with Crippen molar-refractivity contribution in [3.63, 3.8) is 0 Å². The first-order valence-electron chi connectivity index (χ1n) is 9.78. The molecule has 2 aromatic rings. The maximum Gasteiger partial charge on any atom is 0.267 e. The Balaban J connectivity index is 1.70. The maximum absolute atomic E-state index is 12.5. The number of rotatable bonds is 6. The van der Waals surface area contributed by atoms with Crippen LogP contribution in [0.4, 0.5) is 17.1 Å². The molecule has 150 valence electrons. The predicted molar refractivity (Wildman–Crippen MR) is 116 cm³/mol. The molecule has 29 heavy (non-hydrogen) atoms. The molecule has 1 heterocycles. The van der Waals surface area contributed by atoms with Crippen molar-refractivity contribution in [1.82, 2.24) is 0 Å². The summed E-state index contributed by atoms with van der Waals surface area (Å²) >= 11 is 0. The molecule has 1 fully saturated rings. The van der Waals surface area contributed by atoms with Gasteiger partial charge in [-0.25, -0.2) is 0 Å². The molecule has 1 amide bonds. The van der Waals surface area contributed by atoms with E-state index in [9.17, 15) is 10.1 Å². The fourth-order valence-electron chi connectivity index (χ4n) is 3.12. The molecule has 6 nitrogen and oxygen atoms in total. The first-order valence-corrected chi connectivity index (χ1v) is 9.78. The van der Waals surface area contributed by atoms with Crippen LogP contribution in [0.2, 0.25) is 0 Å². The monoisotopic (exact) mass is 390 g/mol. The number of para-hydroxylation sites is 2. The molecule has 1 aliphatic rings. The number of nitrogens with one attached hydrogen (secondary N) is 2. The Morgan fingerprint density at radius 3 is 2.48 bits per heavy atom. The van der Waals surface area contributed by atoms with E-state index in [0.717, 1.165) is 24.5 Å². The van der Waals surface area contributed by atoms with Gasteiger partial charge >= 0.3 is 0 Å². The van der Waals surface area contributed by atoms with Gasteiger partial charge in [0, 0.05) is 25.0 Å². The van der Waals surface area contributed by atoms with E-state index in [-0.39, 0.29) is 5.57 Å². The van der Waals surface area contributed by atoms with Crippen LogP contribution in [-0.2, 0) is 9.53 Å². The predicted octanol–water partition coefficient (Wildman–Crippen LogP) is 4.10. The zero-order chi connectivity index (χ0) is 20.6. The van der Waals surface area contributed by atoms with Gasteiger partial charge in [0.15, 0.2) is 0 Å². The third kappa shape index (κ3) is 5.37. The van der Waals surface area contributed by atoms with Crippen molar-refractivity contribution < 1.29 is 9.53 Å². The van der Waals surface area contributed by atoms with Crippen LogP contribution in [0.25, 0.3) is 0 Å². The quantitative estimate of drug-likeness (QED) is 0.573. The number of nitriles is 1. The van der Waals surface area contributed by atoms with Crippen molar-refractivity contribution in [2.75, 3.05) is 41.8 Å². The Bertz CT molecular complexity index is 907. The number of nitrogens with zero attached hydrogens (tertiary/aromatic N) is 2. The summed E-state index contributed by atoms with van der Waals surface area (Å²) in [5.41, 5.74) is 3.73. The molecule has 0 unspecified atom stereocenters. The lowest BCUT2D eigenvalue weighted by atomic mass is 10.0. The van der Waals surface area contributed by atoms with Crippen LogP contribution in [0.1, 0.15) is 25.3 Å². The average molecular weight is 390 g/mol. The third-order valence-corrected chi connectivity index (χ3v) is 4.83. The second kappa shape index (κ2) is 9.76. The SMILES string of the molecule is CC(C)c1ccc(NC(=O)/C(C#N)=C\Nc2ccccc2N2CCOCC2)cc1. The number of hydrogen-bond acceptors (Lipinski definition) is 5. The zero-order valence-electron chi connectivity index (χ0n) is 16.8. The van der Waals surface area contributed by atoms with E-state index in [4.69, 9.17) is 4.74 Å². The van der Waals surface area contributed by atoms with Crippen molar-refractivity contribution >= 4 is 23.0 Å². The van der Waals surface area contributed by atoms with Crippen molar-refractivity contribution in [2.45, 2.75) is 19.8 Å². The van der Waals surface area contributed by atoms with E-state index in [2.05, 4.69) is 29.4 Å². The molecule has 0 radical (unpaired) electrons. The molecule has 0 atom stereocenters. The van der Waals surface area contributed by atoms with Gasteiger partial charge in [0.2, 0.25) is 0 Å². The highest BCUT2D eigenvalue weighted by Crippen LogP contribution is 2.26. The number of carbonyl (C=O) groups excluding carboxylic acids is 1. The third-order valence-electron chi connectivity index (χ3n) is 4.83. The van der Waals surface area contributed by atoms with Crippen molar-refractivity contribution in [1.29, 1.82) is 5.26 Å². The Labute approximate surface area is 171 Å². The van der Waals surface area contributed by atoms with E-state index in [0.29, 0.717) is 24.8 Å². The van der Waals surface area contributed by atoms with Crippen LogP contribution in [0.3, 0.4) is 0 Å². The molecule has 3 rings (SSSR count). The first-order chi connectivity index (χ1) is 14.1. The van der Waals surface area contributed by atoms with Crippen LogP contribution in [-0.4, -0.2) is 32.2 Å². The maximum atomic E-state index is 12.5. The van der Waals surface area contributed by atoms with Gasteiger partial charge in [-0.3, -0.25) is 4.79 Å². The van der Waals surface area contributed by atoms with Crippen LogP contribution in [0, 0.1) is 11.3 Å². The summed E-state index contributed by atoms with van der Waals surface area (Å²) in [7, 11) is 0. The minimum Gasteiger partial charge on any atom is -0.378 e. The smallest absolute Gasteiger partial charge is 0.267 e. The Morgan fingerprint density at radius 1 is 1.14 bits per heavy atom. The second-order valence-electron chi connectivity index (χ2n) is 7.16. The van der Waals surface area contributed by atoms with E-state index in [1.807, 2.05) is 54.6 Å². The van der Waals surface area contributed by atoms with E-state index >= 15 is 0 Å². The molecule has 2 aromatic carbocycles. The minimum absolute atomic E-state index is 0.00900. The molecule has 2 N–H and O–H groups in total. The normalized spacial score (nSPS) is 14.4. The molecule has 0 bridgehead atoms. The van der Waals surface area contributed by atoms with Gasteiger partial charge in [-0.1, -0.05) is 38.1 Å². The highest BCUT2D eigenvalue weighted by Gasteiger charge is 2.15. The van der Waals surface area contributed by atoms with Gasteiger partial charge in [0.1, 0.15) is 11.6 Å². The molecule has 6 heteroatoms. The number of ether oxygens (including phenoxy) is 1. The molecule has 0 aromatic heterocycles. The largest absolute Gasteiger partial charge is 0.378 e. The van der Waals surface area contributed by atoms with Crippen molar-refractivity contribution in [2.24, 2.45) is 0 Å². The molecule has 1 aliphatic heterocycles. The fraction of sp³-hybridized carbons (Fsp3) is 0.304. The van der Waals surface area contributed by atoms with Crippen LogP contribution < -0.4 is 15.5 Å². The fourth-order valence-corrected chi connectivity index (χ4v) is 3.12. The summed E-state index contributed by atoms with van der Waals surface area (Å²) in [6.45, 7) is 7.22. The summed E-state index contributed by atoms with van der Waals surface area (Å²) in [5, 5.41) is 15.3. The molecular weight excluding hydrogens is 364 g/mol. The average Bonchev–Trinajstić information content (AvgIpc) is 2.75. The van der Waals surface area contributed by atoms with Gasteiger partial charge in [-0.2, -0.15) is 5.26 Å². The highest BCUT2D eigenvalue weighted by atomic mass is 16.5. The summed E-state index contributed by atoms with van der Waals surface area (Å²) in [5.74, 6) is -0.0220.